The van der Waals surface area contributed by atoms with Crippen LogP contribution in [0.15, 0.2) is 36.0 Å². The summed E-state index contributed by atoms with van der Waals surface area (Å²) < 4.78 is 0. The summed E-state index contributed by atoms with van der Waals surface area (Å²) in [6.45, 7) is 0. The Hall–Kier alpha value is -1.97. The second-order valence-electron chi connectivity index (χ2n) is 5.59. The summed E-state index contributed by atoms with van der Waals surface area (Å²) in [6, 6.07) is 9.60. The minimum Gasteiger partial charge on any atom is -0.387 e. The molecule has 1 aromatic carbocycles. The van der Waals surface area contributed by atoms with Crippen LogP contribution in [0.2, 0.25) is 0 Å². The monoisotopic (exact) mass is 315 g/mol. The molecule has 1 saturated heterocycles. The summed E-state index contributed by atoms with van der Waals surface area (Å²) in [7, 11) is 3.90. The molecule has 5 nitrogen and oxygen atoms in total. The largest absolute Gasteiger partial charge is 0.387 e. The predicted molar refractivity (Wildman–Crippen MR) is 86.0 cm³/mol. The number of aliphatic hydroxyl groups is 1. The van der Waals surface area contributed by atoms with Crippen LogP contribution >= 0.6 is 11.8 Å². The smallest absolute Gasteiger partial charge is 0.237 e. The van der Waals surface area contributed by atoms with E-state index in [0.29, 0.717) is 11.4 Å². The number of anilines is 1. The van der Waals surface area contributed by atoms with E-state index in [1.165, 1.54) is 4.90 Å². The van der Waals surface area contributed by atoms with Crippen LogP contribution < -0.4 is 4.90 Å². The molecule has 1 aromatic rings. The van der Waals surface area contributed by atoms with Crippen molar-refractivity contribution in [1.29, 1.82) is 5.26 Å². The van der Waals surface area contributed by atoms with Crippen molar-refractivity contribution in [3.63, 3.8) is 0 Å². The summed E-state index contributed by atoms with van der Waals surface area (Å²) >= 11 is 1.58. The summed E-state index contributed by atoms with van der Waals surface area (Å²) in [6.07, 6.45) is 0.920. The van der Waals surface area contributed by atoms with Crippen molar-refractivity contribution in [2.45, 2.75) is 11.5 Å². The van der Waals surface area contributed by atoms with Crippen LogP contribution in [0, 0.1) is 17.2 Å². The molecule has 6 heteroatoms. The Balaban J connectivity index is 1.79. The first-order chi connectivity index (χ1) is 10.5. The number of aliphatic hydroxyl groups excluding tert-OH is 1. The number of carbonyl (C=O) groups excluding carboxylic acids is 1. The van der Waals surface area contributed by atoms with E-state index < -0.39 is 12.0 Å². The molecule has 0 saturated carbocycles. The van der Waals surface area contributed by atoms with Crippen LogP contribution in [-0.2, 0) is 4.79 Å². The van der Waals surface area contributed by atoms with Crippen LogP contribution in [0.25, 0.3) is 0 Å². The van der Waals surface area contributed by atoms with Gasteiger partial charge in [-0.3, -0.25) is 9.69 Å². The van der Waals surface area contributed by atoms with Gasteiger partial charge in [0.1, 0.15) is 11.8 Å². The van der Waals surface area contributed by atoms with E-state index in [9.17, 15) is 9.90 Å². The van der Waals surface area contributed by atoms with Gasteiger partial charge in [0.25, 0.3) is 0 Å². The third-order valence-electron chi connectivity index (χ3n) is 4.09. The molecule has 0 bridgehead atoms. The van der Waals surface area contributed by atoms with Crippen molar-refractivity contribution in [3.8, 4) is 6.07 Å². The lowest BCUT2D eigenvalue weighted by atomic mass is 9.87. The standard InChI is InChI=1S/C16H17N3O2S/c1-18(2)11-5-3-10(4-6-11)14(20)13-15(21)19-12(9-17)7-8-22-16(13)19/h3-7,13-14,16,20H,8H2,1-2H3/t13-,14?,16+/m0/s1. The van der Waals surface area contributed by atoms with Gasteiger partial charge in [0.2, 0.25) is 5.91 Å². The first-order valence-electron chi connectivity index (χ1n) is 7.05. The lowest BCUT2D eigenvalue weighted by Gasteiger charge is -2.49. The van der Waals surface area contributed by atoms with Gasteiger partial charge in [-0.15, -0.1) is 11.8 Å². The molecule has 3 atom stereocenters. The Bertz CT molecular complexity index is 663. The number of hydrogen-bond donors (Lipinski definition) is 1. The molecule has 1 N–H and O–H groups in total. The zero-order chi connectivity index (χ0) is 15.9. The van der Waals surface area contributed by atoms with E-state index >= 15 is 0 Å². The van der Waals surface area contributed by atoms with Gasteiger partial charge in [-0.2, -0.15) is 5.26 Å². The Morgan fingerprint density at radius 3 is 2.68 bits per heavy atom. The molecule has 2 heterocycles. The van der Waals surface area contributed by atoms with Gasteiger partial charge in [-0.05, 0) is 23.8 Å². The third kappa shape index (κ3) is 2.27. The lowest BCUT2D eigenvalue weighted by molar-refractivity contribution is -0.153. The number of hydrogen-bond acceptors (Lipinski definition) is 5. The van der Waals surface area contributed by atoms with E-state index in [0.717, 1.165) is 11.3 Å². The number of thioether (sulfide) groups is 1. The molecule has 0 radical (unpaired) electrons. The molecule has 1 amide bonds. The van der Waals surface area contributed by atoms with Gasteiger partial charge in [0, 0.05) is 25.5 Å². The number of fused-ring (bicyclic) bond motifs is 1. The number of amides is 1. The minimum absolute atomic E-state index is 0.143. The molecule has 0 aliphatic carbocycles. The van der Waals surface area contributed by atoms with Crippen molar-refractivity contribution < 1.29 is 9.90 Å². The van der Waals surface area contributed by atoms with Crippen LogP contribution in [0.1, 0.15) is 11.7 Å². The van der Waals surface area contributed by atoms with Gasteiger partial charge in [0.15, 0.2) is 0 Å². The van der Waals surface area contributed by atoms with Gasteiger partial charge >= 0.3 is 0 Å². The number of allylic oxidation sites excluding steroid dienone is 1. The van der Waals surface area contributed by atoms with E-state index in [1.807, 2.05) is 43.3 Å². The summed E-state index contributed by atoms with van der Waals surface area (Å²) in [5.74, 6) is 0.0431. The second kappa shape index (κ2) is 5.67. The average molecular weight is 315 g/mol. The number of rotatable bonds is 3. The highest BCUT2D eigenvalue weighted by atomic mass is 32.2. The van der Waals surface area contributed by atoms with E-state index in [4.69, 9.17) is 5.26 Å². The molecule has 2 aliphatic heterocycles. The van der Waals surface area contributed by atoms with Gasteiger partial charge < -0.3 is 10.0 Å². The maximum Gasteiger partial charge on any atom is 0.237 e. The highest BCUT2D eigenvalue weighted by Crippen LogP contribution is 2.46. The molecule has 0 aromatic heterocycles. The van der Waals surface area contributed by atoms with Gasteiger partial charge in [-0.1, -0.05) is 12.1 Å². The fraction of sp³-hybridized carbons (Fsp3) is 0.375. The molecular formula is C16H17N3O2S. The van der Waals surface area contributed by atoms with Crippen molar-refractivity contribution in [1.82, 2.24) is 4.90 Å². The van der Waals surface area contributed by atoms with Crippen LogP contribution in [-0.4, -0.2) is 41.1 Å². The van der Waals surface area contributed by atoms with Crippen molar-refractivity contribution in [3.05, 3.63) is 41.6 Å². The number of benzene rings is 1. The summed E-state index contributed by atoms with van der Waals surface area (Å²) in [5.41, 5.74) is 2.18. The molecule has 3 rings (SSSR count). The predicted octanol–water partition coefficient (Wildman–Crippen LogP) is 1.72. The van der Waals surface area contributed by atoms with E-state index in [2.05, 4.69) is 6.07 Å². The molecule has 1 fully saturated rings. The van der Waals surface area contributed by atoms with Crippen molar-refractivity contribution in [2.24, 2.45) is 5.92 Å². The van der Waals surface area contributed by atoms with Gasteiger partial charge in [-0.25, -0.2) is 0 Å². The first-order valence-corrected chi connectivity index (χ1v) is 8.09. The van der Waals surface area contributed by atoms with Crippen molar-refractivity contribution >= 4 is 23.4 Å². The molecule has 22 heavy (non-hydrogen) atoms. The Kier molecular flexibility index (Phi) is 3.85. The SMILES string of the molecule is CN(C)c1ccc(C(O)[C@H]2C(=O)N3C(C#N)=CCS[C@H]23)cc1. The second-order valence-corrected chi connectivity index (χ2v) is 6.74. The molecule has 114 valence electrons. The lowest BCUT2D eigenvalue weighted by Crippen LogP contribution is -2.61. The first kappa shape index (κ1) is 14.9. The highest BCUT2D eigenvalue weighted by molar-refractivity contribution is 8.00. The topological polar surface area (TPSA) is 67.6 Å². The minimum atomic E-state index is -0.837. The van der Waals surface area contributed by atoms with Crippen molar-refractivity contribution in [2.75, 3.05) is 24.7 Å². The highest BCUT2D eigenvalue weighted by Gasteiger charge is 2.54. The summed E-state index contributed by atoms with van der Waals surface area (Å²) in [5, 5.41) is 19.5. The van der Waals surface area contributed by atoms with Crippen LogP contribution in [0.3, 0.4) is 0 Å². The summed E-state index contributed by atoms with van der Waals surface area (Å²) in [4.78, 5) is 15.8. The number of nitriles is 1. The van der Waals surface area contributed by atoms with E-state index in [1.54, 1.807) is 17.8 Å². The third-order valence-corrected chi connectivity index (χ3v) is 5.30. The zero-order valence-corrected chi connectivity index (χ0v) is 13.2. The number of carbonyl (C=O) groups is 1. The van der Waals surface area contributed by atoms with Crippen LogP contribution in [0.5, 0.6) is 0 Å². The molecule has 1 unspecified atom stereocenters. The number of nitrogens with zero attached hydrogens (tertiary/aromatic N) is 3. The fourth-order valence-corrected chi connectivity index (χ4v) is 4.10. The Morgan fingerprint density at radius 1 is 1.41 bits per heavy atom. The van der Waals surface area contributed by atoms with Crippen LogP contribution in [0.4, 0.5) is 5.69 Å². The molecular weight excluding hydrogens is 298 g/mol. The quantitative estimate of drug-likeness (QED) is 0.860. The normalized spacial score (nSPS) is 24.7. The number of β-lactam (4-membered cyclic amide) rings is 1. The molecule has 2 aliphatic rings. The fourth-order valence-electron chi connectivity index (χ4n) is 2.81. The Morgan fingerprint density at radius 2 is 2.09 bits per heavy atom. The zero-order valence-electron chi connectivity index (χ0n) is 12.4. The molecule has 0 spiro atoms. The maximum absolute atomic E-state index is 12.3. The average Bonchev–Trinajstić information content (AvgIpc) is 2.53. The Labute approximate surface area is 133 Å². The van der Waals surface area contributed by atoms with E-state index in [-0.39, 0.29) is 11.3 Å². The maximum atomic E-state index is 12.3. The van der Waals surface area contributed by atoms with Gasteiger partial charge in [0.05, 0.1) is 17.4 Å².